The van der Waals surface area contributed by atoms with E-state index >= 15 is 0 Å². The number of hydrogen-bond acceptors (Lipinski definition) is 4. The van der Waals surface area contributed by atoms with Gasteiger partial charge in [0.05, 0.1) is 12.6 Å². The van der Waals surface area contributed by atoms with Gasteiger partial charge in [0.25, 0.3) is 0 Å². The lowest BCUT2D eigenvalue weighted by molar-refractivity contribution is -0.123. The Morgan fingerprint density at radius 1 is 1.22 bits per heavy atom. The lowest BCUT2D eigenvalue weighted by atomic mass is 10.1. The largest absolute Gasteiger partial charge is 0.343 e. The number of nitrogens with one attached hydrogen (secondary N) is 1. The third-order valence-corrected chi connectivity index (χ3v) is 6.61. The highest BCUT2D eigenvalue weighted by atomic mass is 32.1. The van der Waals surface area contributed by atoms with E-state index in [1.54, 1.807) is 34.8 Å². The third-order valence-electron chi connectivity index (χ3n) is 4.97. The zero-order valence-electron chi connectivity index (χ0n) is 14.8. The first-order chi connectivity index (χ1) is 13.2. The average molecular weight is 401 g/mol. The highest BCUT2D eigenvalue weighted by molar-refractivity contribution is 7.10. The summed E-state index contributed by atoms with van der Waals surface area (Å²) in [5.41, 5.74) is 2.20. The molecule has 1 saturated heterocycles. The molecule has 1 aromatic carbocycles. The molecular formula is C21H21FN2OS2. The van der Waals surface area contributed by atoms with Gasteiger partial charge in [0.15, 0.2) is 0 Å². The summed E-state index contributed by atoms with van der Waals surface area (Å²) < 4.78 is 13.3. The molecule has 6 heteroatoms. The molecular weight excluding hydrogens is 379 g/mol. The minimum absolute atomic E-state index is 0.000135. The summed E-state index contributed by atoms with van der Waals surface area (Å²) >= 11 is 3.29. The molecule has 140 valence electrons. The van der Waals surface area contributed by atoms with Crippen LogP contribution >= 0.6 is 22.7 Å². The maximum atomic E-state index is 13.3. The summed E-state index contributed by atoms with van der Waals surface area (Å²) in [5.74, 6) is -0.273. The number of halogens is 1. The Kier molecular flexibility index (Phi) is 5.66. The Hall–Kier alpha value is -2.02. The summed E-state index contributed by atoms with van der Waals surface area (Å²) in [6, 6.07) is 12.6. The summed E-state index contributed by atoms with van der Waals surface area (Å²) in [7, 11) is 0. The van der Waals surface area contributed by atoms with Crippen molar-refractivity contribution in [2.24, 2.45) is 0 Å². The van der Waals surface area contributed by atoms with Crippen molar-refractivity contribution in [1.29, 1.82) is 0 Å². The SMILES string of the molecule is O=C(CN1CCCC1c1ccsc1)NC(c1ccc(F)cc1)c1cccs1. The van der Waals surface area contributed by atoms with Gasteiger partial charge in [0, 0.05) is 10.9 Å². The van der Waals surface area contributed by atoms with Gasteiger partial charge in [-0.3, -0.25) is 9.69 Å². The molecule has 4 rings (SSSR count). The van der Waals surface area contributed by atoms with Gasteiger partial charge >= 0.3 is 0 Å². The van der Waals surface area contributed by atoms with E-state index in [2.05, 4.69) is 27.0 Å². The number of benzene rings is 1. The van der Waals surface area contributed by atoms with Gasteiger partial charge in [-0.1, -0.05) is 18.2 Å². The Balaban J connectivity index is 1.48. The van der Waals surface area contributed by atoms with Crippen molar-refractivity contribution in [2.45, 2.75) is 24.9 Å². The fraction of sp³-hybridized carbons (Fsp3) is 0.286. The van der Waals surface area contributed by atoms with Crippen molar-refractivity contribution in [1.82, 2.24) is 10.2 Å². The summed E-state index contributed by atoms with van der Waals surface area (Å²) in [6.07, 6.45) is 2.20. The molecule has 0 aliphatic carbocycles. The van der Waals surface area contributed by atoms with Crippen molar-refractivity contribution in [3.05, 3.63) is 80.4 Å². The van der Waals surface area contributed by atoms with Gasteiger partial charge in [-0.25, -0.2) is 4.39 Å². The first-order valence-corrected chi connectivity index (χ1v) is 10.9. The highest BCUT2D eigenvalue weighted by Gasteiger charge is 2.28. The monoisotopic (exact) mass is 400 g/mol. The molecule has 1 amide bonds. The molecule has 0 spiro atoms. The number of rotatable bonds is 6. The minimum Gasteiger partial charge on any atom is -0.343 e. The van der Waals surface area contributed by atoms with E-state index < -0.39 is 0 Å². The molecule has 1 N–H and O–H groups in total. The fourth-order valence-electron chi connectivity index (χ4n) is 3.68. The highest BCUT2D eigenvalue weighted by Crippen LogP contribution is 2.33. The van der Waals surface area contributed by atoms with Crippen LogP contribution in [0.2, 0.25) is 0 Å². The van der Waals surface area contributed by atoms with Crippen LogP contribution in [-0.4, -0.2) is 23.9 Å². The maximum Gasteiger partial charge on any atom is 0.234 e. The van der Waals surface area contributed by atoms with Crippen LogP contribution in [0.3, 0.4) is 0 Å². The topological polar surface area (TPSA) is 32.3 Å². The number of hydrogen-bond donors (Lipinski definition) is 1. The van der Waals surface area contributed by atoms with Gasteiger partial charge < -0.3 is 5.32 Å². The number of carbonyl (C=O) groups excluding carboxylic acids is 1. The zero-order valence-corrected chi connectivity index (χ0v) is 16.4. The van der Waals surface area contributed by atoms with Crippen molar-refractivity contribution >= 4 is 28.6 Å². The van der Waals surface area contributed by atoms with Crippen molar-refractivity contribution < 1.29 is 9.18 Å². The standard InChI is InChI=1S/C21H21FN2OS2/c22-17-7-5-15(6-8-17)21(19-4-2-11-27-19)23-20(25)13-24-10-1-3-18(24)16-9-12-26-14-16/h2,4-9,11-12,14,18,21H,1,3,10,13H2,(H,23,25). The van der Waals surface area contributed by atoms with Crippen molar-refractivity contribution in [2.75, 3.05) is 13.1 Å². The number of carbonyl (C=O) groups is 1. The Bertz CT molecular complexity index is 862. The predicted molar refractivity (Wildman–Crippen MR) is 109 cm³/mol. The molecule has 0 bridgehead atoms. The second-order valence-corrected chi connectivity index (χ2v) is 8.51. The Morgan fingerprint density at radius 3 is 2.78 bits per heavy atom. The first-order valence-electron chi connectivity index (χ1n) is 9.05. The van der Waals surface area contributed by atoms with E-state index in [0.717, 1.165) is 29.8 Å². The van der Waals surface area contributed by atoms with E-state index in [1.807, 2.05) is 17.5 Å². The van der Waals surface area contributed by atoms with E-state index in [4.69, 9.17) is 0 Å². The molecule has 0 radical (unpaired) electrons. The van der Waals surface area contributed by atoms with Crippen LogP contribution in [0.15, 0.2) is 58.6 Å². The van der Waals surface area contributed by atoms with Crippen LogP contribution in [0.5, 0.6) is 0 Å². The molecule has 2 atom stereocenters. The summed E-state index contributed by atoms with van der Waals surface area (Å²) in [6.45, 7) is 1.32. The van der Waals surface area contributed by atoms with E-state index in [1.165, 1.54) is 17.7 Å². The summed E-state index contributed by atoms with van der Waals surface area (Å²) in [5, 5.41) is 9.41. The quantitative estimate of drug-likeness (QED) is 0.632. The van der Waals surface area contributed by atoms with Crippen LogP contribution in [0.25, 0.3) is 0 Å². The second-order valence-electron chi connectivity index (χ2n) is 6.75. The molecule has 27 heavy (non-hydrogen) atoms. The number of likely N-dealkylation sites (tertiary alicyclic amines) is 1. The van der Waals surface area contributed by atoms with Gasteiger partial charge in [0.2, 0.25) is 5.91 Å². The van der Waals surface area contributed by atoms with Crippen LogP contribution in [-0.2, 0) is 4.79 Å². The number of thiophene rings is 2. The van der Waals surface area contributed by atoms with Gasteiger partial charge in [0.1, 0.15) is 5.82 Å². The molecule has 2 aromatic heterocycles. The average Bonchev–Trinajstić information content (AvgIpc) is 3.42. The Labute approximate surface area is 166 Å². The first kappa shape index (κ1) is 18.3. The molecule has 3 aromatic rings. The van der Waals surface area contributed by atoms with E-state index in [-0.39, 0.29) is 17.8 Å². The van der Waals surface area contributed by atoms with Crippen LogP contribution in [0, 0.1) is 5.82 Å². The van der Waals surface area contributed by atoms with Crippen LogP contribution in [0.1, 0.15) is 40.9 Å². The second kappa shape index (κ2) is 8.33. The van der Waals surface area contributed by atoms with Gasteiger partial charge in [-0.15, -0.1) is 11.3 Å². The Morgan fingerprint density at radius 2 is 2.07 bits per heavy atom. The van der Waals surface area contributed by atoms with E-state index in [9.17, 15) is 9.18 Å². The minimum atomic E-state index is -0.273. The molecule has 3 nitrogen and oxygen atoms in total. The molecule has 1 aliphatic rings. The van der Waals surface area contributed by atoms with Crippen LogP contribution in [0.4, 0.5) is 4.39 Å². The molecule has 1 fully saturated rings. The lowest BCUT2D eigenvalue weighted by Gasteiger charge is -2.25. The zero-order chi connectivity index (χ0) is 18.6. The van der Waals surface area contributed by atoms with E-state index in [0.29, 0.717) is 12.6 Å². The lowest BCUT2D eigenvalue weighted by Crippen LogP contribution is -2.38. The van der Waals surface area contributed by atoms with Crippen molar-refractivity contribution in [3.63, 3.8) is 0 Å². The molecule has 1 aliphatic heterocycles. The van der Waals surface area contributed by atoms with Gasteiger partial charge in [-0.2, -0.15) is 11.3 Å². The van der Waals surface area contributed by atoms with Crippen molar-refractivity contribution in [3.8, 4) is 0 Å². The molecule has 2 unspecified atom stereocenters. The van der Waals surface area contributed by atoms with Crippen LogP contribution < -0.4 is 5.32 Å². The van der Waals surface area contributed by atoms with Gasteiger partial charge in [-0.05, 0) is 70.9 Å². The molecule has 3 heterocycles. The number of nitrogens with zero attached hydrogens (tertiary/aromatic N) is 1. The smallest absolute Gasteiger partial charge is 0.234 e. The summed E-state index contributed by atoms with van der Waals surface area (Å²) in [4.78, 5) is 16.1. The normalized spacial score (nSPS) is 18.5. The third kappa shape index (κ3) is 4.29. The molecule has 0 saturated carbocycles. The predicted octanol–water partition coefficient (Wildman–Crippen LogP) is 4.99. The number of amides is 1. The fourth-order valence-corrected chi connectivity index (χ4v) is 5.19. The maximum absolute atomic E-state index is 13.3.